The van der Waals surface area contributed by atoms with E-state index in [9.17, 15) is 13.2 Å². The van der Waals surface area contributed by atoms with E-state index in [1.54, 1.807) is 24.5 Å². The van der Waals surface area contributed by atoms with Crippen LogP contribution in [-0.4, -0.2) is 43.5 Å². The normalized spacial score (nSPS) is 17.1. The summed E-state index contributed by atoms with van der Waals surface area (Å²) < 4.78 is 28.6. The number of furan rings is 1. The van der Waals surface area contributed by atoms with E-state index in [1.165, 1.54) is 17.1 Å². The second-order valence-electron chi connectivity index (χ2n) is 8.59. The highest BCUT2D eigenvalue weighted by atomic mass is 32.2. The maximum atomic E-state index is 13.4. The van der Waals surface area contributed by atoms with Gasteiger partial charge in [-0.25, -0.2) is 18.6 Å². The second-order valence-corrected chi connectivity index (χ2v) is 10.2. The van der Waals surface area contributed by atoms with Crippen LogP contribution in [0.15, 0.2) is 81.3 Å². The number of benzene rings is 2. The summed E-state index contributed by atoms with van der Waals surface area (Å²) >= 11 is 0. The fourth-order valence-electron chi connectivity index (χ4n) is 3.98. The number of carbonyl (C=O) groups excluding carboxylic acids is 1. The van der Waals surface area contributed by atoms with Crippen LogP contribution in [0.3, 0.4) is 0 Å². The maximum absolute atomic E-state index is 13.4. The van der Waals surface area contributed by atoms with Crippen molar-refractivity contribution < 1.29 is 17.6 Å². The first-order valence-electron chi connectivity index (χ1n) is 11.0. The summed E-state index contributed by atoms with van der Waals surface area (Å²) in [7, 11) is -1.91. The van der Waals surface area contributed by atoms with Crippen LogP contribution in [0.25, 0.3) is 0 Å². The molecular formula is C25H28N4O4S. The lowest BCUT2D eigenvalue weighted by Gasteiger charge is -2.27. The van der Waals surface area contributed by atoms with E-state index in [4.69, 9.17) is 9.56 Å². The molecule has 2 atom stereocenters. The van der Waals surface area contributed by atoms with Gasteiger partial charge in [-0.15, -0.1) is 0 Å². The molecule has 0 saturated carbocycles. The molecule has 2 heterocycles. The Morgan fingerprint density at radius 1 is 1.18 bits per heavy atom. The number of carbonyl (C=O) groups is 1. The van der Waals surface area contributed by atoms with Crippen LogP contribution in [0.5, 0.6) is 0 Å². The van der Waals surface area contributed by atoms with Crippen LogP contribution in [0.4, 0.5) is 0 Å². The topological polar surface area (TPSA) is 109 Å². The average molecular weight is 481 g/mol. The minimum absolute atomic E-state index is 0.0542. The third-order valence-electron chi connectivity index (χ3n) is 6.16. The van der Waals surface area contributed by atoms with Crippen molar-refractivity contribution in [1.82, 2.24) is 9.91 Å². The number of likely N-dealkylation sites (N-methyl/N-ethyl adjacent to an activating group) is 1. The smallest absolute Gasteiger partial charge is 0.257 e. The molecule has 0 radical (unpaired) electrons. The number of nitrogens with two attached hydrogens (primary N) is 1. The number of hydrogen-bond donors (Lipinski definition) is 1. The van der Waals surface area contributed by atoms with Gasteiger partial charge in [-0.3, -0.25) is 9.69 Å². The molecule has 2 unspecified atom stereocenters. The zero-order valence-electron chi connectivity index (χ0n) is 19.4. The van der Waals surface area contributed by atoms with Crippen LogP contribution in [0.1, 0.15) is 47.9 Å². The van der Waals surface area contributed by atoms with E-state index in [0.717, 1.165) is 22.4 Å². The van der Waals surface area contributed by atoms with E-state index >= 15 is 0 Å². The highest BCUT2D eigenvalue weighted by Crippen LogP contribution is 2.33. The monoisotopic (exact) mass is 480 g/mol. The first kappa shape index (κ1) is 23.9. The largest absolute Gasteiger partial charge is 0.467 e. The molecule has 2 aromatic carbocycles. The molecule has 3 aromatic rings. The van der Waals surface area contributed by atoms with Gasteiger partial charge in [-0.05, 0) is 56.3 Å². The van der Waals surface area contributed by atoms with Gasteiger partial charge in [0, 0.05) is 12.5 Å². The first-order chi connectivity index (χ1) is 16.1. The van der Waals surface area contributed by atoms with Gasteiger partial charge in [-0.1, -0.05) is 42.0 Å². The van der Waals surface area contributed by atoms with E-state index in [0.29, 0.717) is 12.2 Å². The van der Waals surface area contributed by atoms with Gasteiger partial charge in [0.2, 0.25) is 10.0 Å². The highest BCUT2D eigenvalue weighted by Gasteiger charge is 2.35. The van der Waals surface area contributed by atoms with Crippen molar-refractivity contribution in [2.24, 2.45) is 10.2 Å². The Morgan fingerprint density at radius 2 is 1.85 bits per heavy atom. The predicted molar refractivity (Wildman–Crippen MR) is 129 cm³/mol. The Morgan fingerprint density at radius 3 is 2.44 bits per heavy atom. The van der Waals surface area contributed by atoms with Crippen LogP contribution < -0.4 is 5.14 Å². The molecule has 0 aliphatic carbocycles. The number of hydrazone groups is 1. The van der Waals surface area contributed by atoms with Gasteiger partial charge in [0.25, 0.3) is 5.91 Å². The molecule has 1 aliphatic rings. The third kappa shape index (κ3) is 5.11. The van der Waals surface area contributed by atoms with Crippen LogP contribution in [0, 0.1) is 6.92 Å². The average Bonchev–Trinajstić information content (AvgIpc) is 3.48. The molecule has 1 aliphatic heterocycles. The molecule has 0 fully saturated rings. The van der Waals surface area contributed by atoms with Gasteiger partial charge in [0.1, 0.15) is 11.8 Å². The molecular weight excluding hydrogens is 452 g/mol. The number of sulfonamides is 1. The quantitative estimate of drug-likeness (QED) is 0.556. The zero-order valence-corrected chi connectivity index (χ0v) is 20.2. The van der Waals surface area contributed by atoms with Gasteiger partial charge >= 0.3 is 0 Å². The van der Waals surface area contributed by atoms with E-state index < -0.39 is 10.0 Å². The molecule has 1 amide bonds. The Hall–Kier alpha value is -3.27. The van der Waals surface area contributed by atoms with E-state index in [1.807, 2.05) is 56.1 Å². The summed E-state index contributed by atoms with van der Waals surface area (Å²) in [6, 6.07) is 17.7. The lowest BCUT2D eigenvalue weighted by atomic mass is 10.0. The molecule has 8 nitrogen and oxygen atoms in total. The fraction of sp³-hybridized carbons (Fsp3) is 0.280. The van der Waals surface area contributed by atoms with Crippen LogP contribution >= 0.6 is 0 Å². The summed E-state index contributed by atoms with van der Waals surface area (Å²) in [6.07, 6.45) is 2.16. The lowest BCUT2D eigenvalue weighted by molar-refractivity contribution is -0.134. The van der Waals surface area contributed by atoms with Crippen LogP contribution in [0.2, 0.25) is 0 Å². The minimum atomic E-state index is -3.75. The molecule has 34 heavy (non-hydrogen) atoms. The Kier molecular flexibility index (Phi) is 6.70. The predicted octanol–water partition coefficient (Wildman–Crippen LogP) is 3.61. The number of hydrogen-bond acceptors (Lipinski definition) is 6. The molecule has 9 heteroatoms. The second kappa shape index (κ2) is 9.54. The Bertz CT molecular complexity index is 1280. The van der Waals surface area contributed by atoms with Crippen LogP contribution in [-0.2, 0) is 14.8 Å². The van der Waals surface area contributed by atoms with E-state index in [-0.39, 0.29) is 29.4 Å². The third-order valence-corrected chi connectivity index (χ3v) is 7.09. The molecule has 0 saturated heterocycles. The van der Waals surface area contributed by atoms with Gasteiger partial charge < -0.3 is 4.42 Å². The number of amides is 1. The number of nitrogens with zero attached hydrogens (tertiary/aromatic N) is 3. The molecule has 2 N–H and O–H groups in total. The Labute approximate surface area is 199 Å². The van der Waals surface area contributed by atoms with Gasteiger partial charge in [0.05, 0.1) is 23.4 Å². The standard InChI is InChI=1S/C25H28N4O4S/c1-17-6-8-20(9-7-17)22-15-23(24-5-4-14-33-24)29(27-22)25(30)16-28(3)18(2)19-10-12-21(13-11-19)34(26,31)32/h4-14,18,23H,15-16H2,1-3H3,(H2,26,31,32). The van der Waals surface area contributed by atoms with Crippen molar-refractivity contribution in [1.29, 1.82) is 0 Å². The van der Waals surface area contributed by atoms with Crippen molar-refractivity contribution in [3.63, 3.8) is 0 Å². The summed E-state index contributed by atoms with van der Waals surface area (Å²) in [6.45, 7) is 4.11. The number of rotatable bonds is 7. The lowest BCUT2D eigenvalue weighted by Crippen LogP contribution is -2.37. The zero-order chi connectivity index (χ0) is 24.5. The Balaban J connectivity index is 1.52. The molecule has 178 valence electrons. The fourth-order valence-corrected chi connectivity index (χ4v) is 4.49. The molecule has 0 bridgehead atoms. The highest BCUT2D eigenvalue weighted by molar-refractivity contribution is 7.89. The molecule has 4 rings (SSSR count). The van der Waals surface area contributed by atoms with Gasteiger partial charge in [-0.2, -0.15) is 5.10 Å². The SMILES string of the molecule is Cc1ccc(C2=NN(C(=O)CN(C)C(C)c3ccc(S(N)(=O)=O)cc3)C(c3ccco3)C2)cc1. The summed E-state index contributed by atoms with van der Waals surface area (Å²) in [4.78, 5) is 15.3. The van der Waals surface area contributed by atoms with E-state index in [2.05, 4.69) is 5.10 Å². The number of primary sulfonamides is 1. The maximum Gasteiger partial charge on any atom is 0.257 e. The number of aryl methyl sites for hydroxylation is 1. The van der Waals surface area contributed by atoms with Crippen molar-refractivity contribution in [3.8, 4) is 0 Å². The summed E-state index contributed by atoms with van der Waals surface area (Å²) in [5, 5.41) is 11.4. The van der Waals surface area contributed by atoms with Crippen molar-refractivity contribution in [2.45, 2.75) is 37.2 Å². The van der Waals surface area contributed by atoms with Crippen molar-refractivity contribution in [3.05, 3.63) is 89.4 Å². The summed E-state index contributed by atoms with van der Waals surface area (Å²) in [5.41, 5.74) is 3.85. The van der Waals surface area contributed by atoms with Crippen molar-refractivity contribution in [2.75, 3.05) is 13.6 Å². The van der Waals surface area contributed by atoms with Crippen molar-refractivity contribution >= 4 is 21.6 Å². The summed E-state index contributed by atoms with van der Waals surface area (Å²) in [5.74, 6) is 0.535. The minimum Gasteiger partial charge on any atom is -0.467 e. The molecule has 1 aromatic heterocycles. The molecule has 0 spiro atoms. The first-order valence-corrected chi connectivity index (χ1v) is 12.5. The van der Waals surface area contributed by atoms with Gasteiger partial charge in [0.15, 0.2) is 0 Å².